The summed E-state index contributed by atoms with van der Waals surface area (Å²) in [5, 5.41) is 10.5. The van der Waals surface area contributed by atoms with Crippen LogP contribution in [0.2, 0.25) is 0 Å². The summed E-state index contributed by atoms with van der Waals surface area (Å²) >= 11 is 1.65. The molecule has 0 spiro atoms. The monoisotopic (exact) mass is 394 g/mol. The first-order chi connectivity index (χ1) is 13.6. The molecule has 0 bridgehead atoms. The molecule has 1 saturated heterocycles. The van der Waals surface area contributed by atoms with E-state index in [4.69, 9.17) is 4.42 Å². The van der Waals surface area contributed by atoms with Crippen molar-refractivity contribution in [2.24, 2.45) is 0 Å². The van der Waals surface area contributed by atoms with E-state index in [9.17, 15) is 9.59 Å². The van der Waals surface area contributed by atoms with Crippen molar-refractivity contribution in [1.82, 2.24) is 10.2 Å². The Kier molecular flexibility index (Phi) is 5.12. The third-order valence-electron chi connectivity index (χ3n) is 4.56. The first-order valence-corrected chi connectivity index (χ1v) is 10.0. The van der Waals surface area contributed by atoms with Crippen molar-refractivity contribution < 1.29 is 14.0 Å². The molecule has 1 aliphatic rings. The zero-order valence-corrected chi connectivity index (χ0v) is 16.0. The summed E-state index contributed by atoms with van der Waals surface area (Å²) < 4.78 is 5.59. The summed E-state index contributed by atoms with van der Waals surface area (Å²) in [6.07, 6.45) is 2.30. The molecule has 7 nitrogen and oxygen atoms in total. The van der Waals surface area contributed by atoms with Gasteiger partial charge in [-0.3, -0.25) is 14.9 Å². The van der Waals surface area contributed by atoms with Gasteiger partial charge in [0.15, 0.2) is 0 Å². The maximum Gasteiger partial charge on any atom is 0.322 e. The van der Waals surface area contributed by atoms with E-state index in [1.807, 2.05) is 36.6 Å². The molecule has 2 aromatic carbocycles. The van der Waals surface area contributed by atoms with Crippen molar-refractivity contribution in [2.75, 3.05) is 23.0 Å². The number of rotatable bonds is 5. The normalized spacial score (nSPS) is 16.4. The van der Waals surface area contributed by atoms with Gasteiger partial charge in [0, 0.05) is 29.1 Å². The number of nitrogens with zero attached hydrogens (tertiary/aromatic N) is 3. The number of nitrogens with one attached hydrogen (secondary N) is 1. The molecule has 1 aliphatic heterocycles. The summed E-state index contributed by atoms with van der Waals surface area (Å²) in [4.78, 5) is 27.5. The summed E-state index contributed by atoms with van der Waals surface area (Å²) in [5.41, 5.74) is 1.35. The molecule has 4 rings (SSSR count). The van der Waals surface area contributed by atoms with Gasteiger partial charge in [-0.05, 0) is 42.7 Å². The Morgan fingerprint density at radius 2 is 1.89 bits per heavy atom. The van der Waals surface area contributed by atoms with Gasteiger partial charge in [0.25, 0.3) is 5.91 Å². The number of aromatic nitrogens is 2. The van der Waals surface area contributed by atoms with Crippen LogP contribution in [0.25, 0.3) is 0 Å². The second-order valence-corrected chi connectivity index (χ2v) is 7.25. The van der Waals surface area contributed by atoms with E-state index >= 15 is 0 Å². The lowest BCUT2D eigenvalue weighted by atomic mass is 10.1. The maximum atomic E-state index is 12.4. The van der Waals surface area contributed by atoms with Crippen LogP contribution in [-0.2, 0) is 4.79 Å². The molecule has 1 aromatic heterocycles. The number of carbonyl (C=O) groups excluding carboxylic acids is 2. The molecule has 0 unspecified atom stereocenters. The fourth-order valence-electron chi connectivity index (χ4n) is 3.09. The average molecular weight is 394 g/mol. The lowest BCUT2D eigenvalue weighted by Gasteiger charge is -2.16. The van der Waals surface area contributed by atoms with E-state index in [1.54, 1.807) is 40.9 Å². The fourth-order valence-corrected chi connectivity index (χ4v) is 3.50. The molecule has 1 atom stereocenters. The highest BCUT2D eigenvalue weighted by Gasteiger charge is 2.35. The summed E-state index contributed by atoms with van der Waals surface area (Å²) in [7, 11) is 0. The predicted molar refractivity (Wildman–Crippen MR) is 107 cm³/mol. The first-order valence-electron chi connectivity index (χ1n) is 8.78. The largest absolute Gasteiger partial charge is 0.407 e. The summed E-state index contributed by atoms with van der Waals surface area (Å²) in [6.45, 7) is 0.464. The van der Waals surface area contributed by atoms with Gasteiger partial charge in [0.05, 0.1) is 5.92 Å². The van der Waals surface area contributed by atoms with Gasteiger partial charge in [0.1, 0.15) is 0 Å². The predicted octanol–water partition coefficient (Wildman–Crippen LogP) is 3.56. The molecule has 142 valence electrons. The SMILES string of the molecule is CSc1ccc(N2C[C@H](c3nnc(NC(=O)c4ccccc4)o3)CC2=O)cc1. The highest BCUT2D eigenvalue weighted by molar-refractivity contribution is 7.98. The minimum atomic E-state index is -0.325. The molecule has 0 radical (unpaired) electrons. The van der Waals surface area contributed by atoms with Gasteiger partial charge in [-0.1, -0.05) is 23.3 Å². The first kappa shape index (κ1) is 18.2. The Morgan fingerprint density at radius 3 is 2.61 bits per heavy atom. The van der Waals surface area contributed by atoms with Gasteiger partial charge in [-0.25, -0.2) is 0 Å². The average Bonchev–Trinajstić information content (AvgIpc) is 3.35. The molecular weight excluding hydrogens is 376 g/mol. The lowest BCUT2D eigenvalue weighted by Crippen LogP contribution is -2.24. The van der Waals surface area contributed by atoms with E-state index in [-0.39, 0.29) is 23.7 Å². The Bertz CT molecular complexity index is 988. The van der Waals surface area contributed by atoms with Crippen LogP contribution < -0.4 is 10.2 Å². The van der Waals surface area contributed by atoms with Gasteiger partial charge in [-0.2, -0.15) is 0 Å². The second kappa shape index (κ2) is 7.85. The smallest absolute Gasteiger partial charge is 0.322 e. The van der Waals surface area contributed by atoms with Crippen molar-refractivity contribution in [3.05, 3.63) is 66.1 Å². The Balaban J connectivity index is 1.44. The minimum Gasteiger partial charge on any atom is -0.407 e. The van der Waals surface area contributed by atoms with Crippen LogP contribution in [0, 0.1) is 0 Å². The zero-order chi connectivity index (χ0) is 19.5. The maximum absolute atomic E-state index is 12.4. The molecule has 2 heterocycles. The van der Waals surface area contributed by atoms with Crippen molar-refractivity contribution in [3.63, 3.8) is 0 Å². The van der Waals surface area contributed by atoms with Gasteiger partial charge in [0.2, 0.25) is 11.8 Å². The molecule has 8 heteroatoms. The van der Waals surface area contributed by atoms with Crippen LogP contribution in [-0.4, -0.2) is 34.8 Å². The number of hydrogen-bond donors (Lipinski definition) is 1. The molecule has 1 N–H and O–H groups in total. The van der Waals surface area contributed by atoms with Gasteiger partial charge < -0.3 is 9.32 Å². The standard InChI is InChI=1S/C20H18N4O3S/c1-28-16-9-7-15(8-10-16)24-12-14(11-17(24)25)19-22-23-20(27-19)21-18(26)13-5-3-2-4-6-13/h2-10,14H,11-12H2,1H3,(H,21,23,26)/t14-/m1/s1. The zero-order valence-electron chi connectivity index (χ0n) is 15.2. The van der Waals surface area contributed by atoms with E-state index in [2.05, 4.69) is 15.5 Å². The number of hydrogen-bond acceptors (Lipinski definition) is 6. The van der Waals surface area contributed by atoms with Crippen molar-refractivity contribution >= 4 is 35.3 Å². The van der Waals surface area contributed by atoms with Crippen LogP contribution in [0.15, 0.2) is 63.9 Å². The number of thioether (sulfide) groups is 1. The quantitative estimate of drug-likeness (QED) is 0.666. The van der Waals surface area contributed by atoms with Crippen LogP contribution in [0.1, 0.15) is 28.6 Å². The third kappa shape index (κ3) is 3.77. The number of benzene rings is 2. The molecule has 3 aromatic rings. The van der Waals surface area contributed by atoms with Crippen molar-refractivity contribution in [3.8, 4) is 0 Å². The molecule has 1 fully saturated rings. The Hall–Kier alpha value is -3.13. The summed E-state index contributed by atoms with van der Waals surface area (Å²) in [6, 6.07) is 16.7. The van der Waals surface area contributed by atoms with Crippen LogP contribution in [0.5, 0.6) is 0 Å². The molecule has 2 amide bonds. The summed E-state index contributed by atoms with van der Waals surface area (Å²) in [5.74, 6) is -0.175. The van der Waals surface area contributed by atoms with Crippen LogP contribution >= 0.6 is 11.8 Å². The topological polar surface area (TPSA) is 88.3 Å². The second-order valence-electron chi connectivity index (χ2n) is 6.37. The molecule has 28 heavy (non-hydrogen) atoms. The highest BCUT2D eigenvalue weighted by atomic mass is 32.2. The molecular formula is C20H18N4O3S. The number of amides is 2. The van der Waals surface area contributed by atoms with Gasteiger partial charge in [-0.15, -0.1) is 16.9 Å². The van der Waals surface area contributed by atoms with Crippen molar-refractivity contribution in [2.45, 2.75) is 17.2 Å². The van der Waals surface area contributed by atoms with E-state index < -0.39 is 0 Å². The van der Waals surface area contributed by atoms with Crippen LogP contribution in [0.4, 0.5) is 11.7 Å². The van der Waals surface area contributed by atoms with Crippen LogP contribution in [0.3, 0.4) is 0 Å². The van der Waals surface area contributed by atoms with E-state index in [0.717, 1.165) is 10.6 Å². The van der Waals surface area contributed by atoms with Gasteiger partial charge >= 0.3 is 6.01 Å². The van der Waals surface area contributed by atoms with E-state index in [1.165, 1.54) is 0 Å². The minimum absolute atomic E-state index is 0.00923. The molecule has 0 aliphatic carbocycles. The third-order valence-corrected chi connectivity index (χ3v) is 5.30. The van der Waals surface area contributed by atoms with Crippen molar-refractivity contribution in [1.29, 1.82) is 0 Å². The Labute approximate surface area is 166 Å². The number of carbonyl (C=O) groups is 2. The van der Waals surface area contributed by atoms with E-state index in [0.29, 0.717) is 24.4 Å². The number of anilines is 2. The Morgan fingerprint density at radius 1 is 1.14 bits per heavy atom. The highest BCUT2D eigenvalue weighted by Crippen LogP contribution is 2.32. The lowest BCUT2D eigenvalue weighted by molar-refractivity contribution is -0.117. The molecule has 0 saturated carbocycles. The fraction of sp³-hybridized carbons (Fsp3) is 0.200.